The Hall–Kier alpha value is -1.47. The molecule has 0 radical (unpaired) electrons. The van der Waals surface area contributed by atoms with E-state index in [1.54, 1.807) is 18.3 Å². The average Bonchev–Trinajstić information content (AvgIpc) is 2.88. The van der Waals surface area contributed by atoms with Crippen LogP contribution in [0.15, 0.2) is 9.80 Å². The highest BCUT2D eigenvalue weighted by atomic mass is 32.1. The van der Waals surface area contributed by atoms with Crippen LogP contribution in [0, 0.1) is 6.92 Å². The predicted molar refractivity (Wildman–Crippen MR) is 65.9 cm³/mol. The molecule has 3 N–H and O–H groups in total. The summed E-state index contributed by atoms with van der Waals surface area (Å²) >= 11 is 1.65. The lowest BCUT2D eigenvalue weighted by atomic mass is 10.3. The van der Waals surface area contributed by atoms with E-state index in [-0.39, 0.29) is 6.04 Å². The van der Waals surface area contributed by atoms with Crippen molar-refractivity contribution in [1.29, 1.82) is 0 Å². The highest BCUT2D eigenvalue weighted by Crippen LogP contribution is 2.12. The van der Waals surface area contributed by atoms with Crippen molar-refractivity contribution in [3.05, 3.63) is 22.0 Å². The number of nitrogens with zero attached hydrogens (tertiary/aromatic N) is 3. The van der Waals surface area contributed by atoms with E-state index in [0.29, 0.717) is 18.5 Å². The first-order valence-corrected chi connectivity index (χ1v) is 6.27. The molecule has 0 aromatic carbocycles. The van der Waals surface area contributed by atoms with Crippen LogP contribution in [-0.4, -0.2) is 21.7 Å². The van der Waals surface area contributed by atoms with E-state index in [1.165, 1.54) is 0 Å². The largest absolute Gasteiger partial charge is 0.406 e. The van der Waals surface area contributed by atoms with E-state index in [1.807, 2.05) is 6.92 Å². The summed E-state index contributed by atoms with van der Waals surface area (Å²) in [6, 6.07) is 0.170. The van der Waals surface area contributed by atoms with Gasteiger partial charge in [0.05, 0.1) is 16.7 Å². The van der Waals surface area contributed by atoms with Gasteiger partial charge in [-0.05, 0) is 13.8 Å². The van der Waals surface area contributed by atoms with Gasteiger partial charge in [-0.3, -0.25) is 0 Å². The molecule has 17 heavy (non-hydrogen) atoms. The summed E-state index contributed by atoms with van der Waals surface area (Å²) in [5.74, 6) is 0.442. The Morgan fingerprint density at radius 1 is 1.53 bits per heavy atom. The van der Waals surface area contributed by atoms with Crippen molar-refractivity contribution < 1.29 is 4.42 Å². The molecule has 0 bridgehead atoms. The summed E-state index contributed by atoms with van der Waals surface area (Å²) in [5, 5.41) is 13.9. The molecule has 7 heteroatoms. The lowest BCUT2D eigenvalue weighted by molar-refractivity contribution is 0.473. The maximum atomic E-state index is 5.62. The molecule has 2 heterocycles. The third-order valence-electron chi connectivity index (χ3n) is 2.15. The number of rotatable bonds is 5. The van der Waals surface area contributed by atoms with Crippen molar-refractivity contribution in [2.45, 2.75) is 26.3 Å². The van der Waals surface area contributed by atoms with Crippen LogP contribution < -0.4 is 11.1 Å². The molecule has 0 aliphatic rings. The first-order valence-electron chi connectivity index (χ1n) is 5.39. The van der Waals surface area contributed by atoms with Crippen molar-refractivity contribution in [3.63, 3.8) is 0 Å². The van der Waals surface area contributed by atoms with Gasteiger partial charge in [0.1, 0.15) is 0 Å². The number of anilines is 1. The van der Waals surface area contributed by atoms with Gasteiger partial charge < -0.3 is 15.5 Å². The zero-order valence-corrected chi connectivity index (χ0v) is 10.6. The van der Waals surface area contributed by atoms with Crippen LogP contribution in [0.4, 0.5) is 6.01 Å². The fraction of sp³-hybridized carbons (Fsp3) is 0.500. The normalized spacial score (nSPS) is 12.6. The molecule has 0 aliphatic heterocycles. The van der Waals surface area contributed by atoms with Gasteiger partial charge in [-0.1, -0.05) is 5.10 Å². The molecule has 1 unspecified atom stereocenters. The Balaban J connectivity index is 1.81. The van der Waals surface area contributed by atoms with E-state index in [9.17, 15) is 0 Å². The van der Waals surface area contributed by atoms with E-state index < -0.39 is 0 Å². The van der Waals surface area contributed by atoms with Gasteiger partial charge in [-0.15, -0.1) is 16.4 Å². The number of thiazole rings is 1. The Kier molecular flexibility index (Phi) is 3.70. The molecule has 2 aromatic rings. The molecule has 6 nitrogen and oxygen atoms in total. The lowest BCUT2D eigenvalue weighted by Gasteiger charge is -1.99. The van der Waals surface area contributed by atoms with Crippen LogP contribution in [0.25, 0.3) is 0 Å². The van der Waals surface area contributed by atoms with Gasteiger partial charge in [0.2, 0.25) is 5.89 Å². The quantitative estimate of drug-likeness (QED) is 0.839. The van der Waals surface area contributed by atoms with Gasteiger partial charge in [0.15, 0.2) is 0 Å². The monoisotopic (exact) mass is 253 g/mol. The summed E-state index contributed by atoms with van der Waals surface area (Å²) < 4.78 is 5.31. The molecule has 0 saturated heterocycles. The maximum absolute atomic E-state index is 5.62. The average molecular weight is 253 g/mol. The van der Waals surface area contributed by atoms with Crippen molar-refractivity contribution in [1.82, 2.24) is 15.2 Å². The second kappa shape index (κ2) is 5.24. The molecule has 1 atom stereocenters. The second-order valence-electron chi connectivity index (χ2n) is 3.77. The minimum absolute atomic E-state index is 0.237. The van der Waals surface area contributed by atoms with Crippen molar-refractivity contribution in [3.8, 4) is 0 Å². The molecule has 0 saturated carbocycles. The third kappa shape index (κ3) is 3.24. The number of aryl methyl sites for hydroxylation is 1. The molecule has 92 valence electrons. The Morgan fingerprint density at radius 3 is 2.94 bits per heavy atom. The topological polar surface area (TPSA) is 89.9 Å². The van der Waals surface area contributed by atoms with E-state index >= 15 is 0 Å². The van der Waals surface area contributed by atoms with Crippen molar-refractivity contribution >= 4 is 17.4 Å². The molecular formula is C10H15N5OS. The van der Waals surface area contributed by atoms with Crippen LogP contribution in [0.3, 0.4) is 0 Å². The zero-order chi connectivity index (χ0) is 12.3. The number of nitrogens with one attached hydrogen (secondary N) is 1. The summed E-state index contributed by atoms with van der Waals surface area (Å²) in [6.07, 6.45) is 0.834. The summed E-state index contributed by atoms with van der Waals surface area (Å²) in [7, 11) is 0. The van der Waals surface area contributed by atoms with E-state index in [0.717, 1.165) is 17.1 Å². The van der Waals surface area contributed by atoms with E-state index in [4.69, 9.17) is 10.2 Å². The van der Waals surface area contributed by atoms with Gasteiger partial charge in [0, 0.05) is 18.3 Å². The summed E-state index contributed by atoms with van der Waals surface area (Å²) in [6.45, 7) is 4.51. The number of nitrogens with two attached hydrogens (primary N) is 1. The zero-order valence-electron chi connectivity index (χ0n) is 9.80. The molecule has 0 spiro atoms. The number of hydrogen-bond acceptors (Lipinski definition) is 7. The van der Waals surface area contributed by atoms with Crippen molar-refractivity contribution in [2.75, 3.05) is 11.9 Å². The third-order valence-corrected chi connectivity index (χ3v) is 2.98. The van der Waals surface area contributed by atoms with Crippen LogP contribution in [0.1, 0.15) is 29.6 Å². The standard InChI is InChI=1S/C10H15N5OS/c1-6(11)9-14-15-10(16-9)12-4-3-8-5-17-7(2)13-8/h5-6H,3-4,11H2,1-2H3,(H,12,15). The highest BCUT2D eigenvalue weighted by molar-refractivity contribution is 7.09. The van der Waals surface area contributed by atoms with Gasteiger partial charge in [0.25, 0.3) is 0 Å². The van der Waals surface area contributed by atoms with Crippen molar-refractivity contribution in [2.24, 2.45) is 5.73 Å². The number of hydrogen-bond donors (Lipinski definition) is 2. The maximum Gasteiger partial charge on any atom is 0.315 e. The van der Waals surface area contributed by atoms with Crippen LogP contribution in [-0.2, 0) is 6.42 Å². The first kappa shape index (κ1) is 12.0. The molecule has 0 fully saturated rings. The molecule has 0 amide bonds. The fourth-order valence-corrected chi connectivity index (χ4v) is 1.96. The molecule has 2 aromatic heterocycles. The molecule has 0 aliphatic carbocycles. The van der Waals surface area contributed by atoms with E-state index in [2.05, 4.69) is 25.9 Å². The van der Waals surface area contributed by atoms with Gasteiger partial charge in [-0.2, -0.15) is 0 Å². The fourth-order valence-electron chi connectivity index (χ4n) is 1.31. The Morgan fingerprint density at radius 2 is 2.35 bits per heavy atom. The highest BCUT2D eigenvalue weighted by Gasteiger charge is 2.09. The first-order chi connectivity index (χ1) is 8.15. The minimum Gasteiger partial charge on any atom is -0.406 e. The van der Waals surface area contributed by atoms with Gasteiger partial charge in [-0.25, -0.2) is 4.98 Å². The second-order valence-corrected chi connectivity index (χ2v) is 4.83. The molecular weight excluding hydrogens is 238 g/mol. The Labute approximate surface area is 103 Å². The number of aromatic nitrogens is 3. The smallest absolute Gasteiger partial charge is 0.315 e. The van der Waals surface area contributed by atoms with Crippen LogP contribution in [0.5, 0.6) is 0 Å². The summed E-state index contributed by atoms with van der Waals surface area (Å²) in [5.41, 5.74) is 6.69. The van der Waals surface area contributed by atoms with Crippen LogP contribution in [0.2, 0.25) is 0 Å². The van der Waals surface area contributed by atoms with Gasteiger partial charge >= 0.3 is 6.01 Å². The molecule has 2 rings (SSSR count). The summed E-state index contributed by atoms with van der Waals surface area (Å²) in [4.78, 5) is 4.37. The minimum atomic E-state index is -0.237. The lowest BCUT2D eigenvalue weighted by Crippen LogP contribution is -2.05. The predicted octanol–water partition coefficient (Wildman–Crippen LogP) is 1.51. The van der Waals surface area contributed by atoms with Crippen LogP contribution >= 0.6 is 11.3 Å². The SMILES string of the molecule is Cc1nc(CCNc2nnc(C(C)N)o2)cs1. The Bertz CT molecular complexity index is 479.